The maximum Gasteiger partial charge on any atom is 0.341 e. The van der Waals surface area contributed by atoms with Crippen molar-refractivity contribution < 1.29 is 14.3 Å². The van der Waals surface area contributed by atoms with E-state index in [2.05, 4.69) is 10.1 Å². The number of aromatic nitrogens is 3. The van der Waals surface area contributed by atoms with Crippen LogP contribution < -0.4 is 0 Å². The molecular formula is C12H11N3O3. The molecule has 0 aliphatic carbocycles. The van der Waals surface area contributed by atoms with Crippen LogP contribution in [0.5, 0.6) is 0 Å². The predicted molar refractivity (Wildman–Crippen MR) is 62.7 cm³/mol. The third kappa shape index (κ3) is 2.42. The van der Waals surface area contributed by atoms with E-state index in [1.807, 2.05) is 0 Å². The van der Waals surface area contributed by atoms with Crippen molar-refractivity contribution in [1.29, 1.82) is 0 Å². The van der Waals surface area contributed by atoms with Gasteiger partial charge in [0.05, 0.1) is 30.3 Å². The number of carbonyl (C=O) groups excluding carboxylic acids is 2. The standard InChI is InChI=1S/C12H11N3O3/c1-2-18-12(17)10-5-14-15(7-10)11-3-9(8-16)4-13-6-11/h3-8H,2H2,1H3. The Balaban J connectivity index is 2.28. The smallest absolute Gasteiger partial charge is 0.341 e. The van der Waals surface area contributed by atoms with Gasteiger partial charge in [-0.2, -0.15) is 5.10 Å². The Bertz CT molecular complexity index is 577. The summed E-state index contributed by atoms with van der Waals surface area (Å²) in [4.78, 5) is 26.0. The second kappa shape index (κ2) is 5.22. The third-order valence-corrected chi connectivity index (χ3v) is 2.24. The van der Waals surface area contributed by atoms with Crippen LogP contribution >= 0.6 is 0 Å². The van der Waals surface area contributed by atoms with Crippen molar-refractivity contribution in [3.8, 4) is 5.69 Å². The lowest BCUT2D eigenvalue weighted by Crippen LogP contribution is -2.03. The molecule has 0 saturated carbocycles. The first-order valence-electron chi connectivity index (χ1n) is 5.37. The topological polar surface area (TPSA) is 74.1 Å². The van der Waals surface area contributed by atoms with Crippen LogP contribution in [0.4, 0.5) is 0 Å². The van der Waals surface area contributed by atoms with Gasteiger partial charge in [0.15, 0.2) is 6.29 Å². The van der Waals surface area contributed by atoms with Gasteiger partial charge in [-0.1, -0.05) is 0 Å². The Labute approximate surface area is 103 Å². The van der Waals surface area contributed by atoms with Gasteiger partial charge in [0.25, 0.3) is 0 Å². The molecule has 0 amide bonds. The number of nitrogens with zero attached hydrogens (tertiary/aromatic N) is 3. The molecule has 0 aliphatic heterocycles. The van der Waals surface area contributed by atoms with Gasteiger partial charge in [-0.25, -0.2) is 9.48 Å². The molecule has 0 atom stereocenters. The quantitative estimate of drug-likeness (QED) is 0.598. The van der Waals surface area contributed by atoms with E-state index in [0.717, 1.165) is 0 Å². The first-order chi connectivity index (χ1) is 8.74. The van der Waals surface area contributed by atoms with Crippen LogP contribution in [0.3, 0.4) is 0 Å². The van der Waals surface area contributed by atoms with Gasteiger partial charge in [-0.3, -0.25) is 9.78 Å². The molecule has 6 heteroatoms. The number of carbonyl (C=O) groups is 2. The number of ether oxygens (including phenoxy) is 1. The molecule has 0 N–H and O–H groups in total. The summed E-state index contributed by atoms with van der Waals surface area (Å²) in [6, 6.07) is 1.63. The minimum absolute atomic E-state index is 0.312. The summed E-state index contributed by atoms with van der Waals surface area (Å²) in [5.74, 6) is -0.428. The molecule has 0 unspecified atom stereocenters. The molecule has 0 bridgehead atoms. The van der Waals surface area contributed by atoms with Crippen molar-refractivity contribution in [1.82, 2.24) is 14.8 Å². The van der Waals surface area contributed by atoms with E-state index in [1.165, 1.54) is 23.3 Å². The Morgan fingerprint density at radius 1 is 1.44 bits per heavy atom. The van der Waals surface area contributed by atoms with Crippen molar-refractivity contribution in [3.63, 3.8) is 0 Å². The number of hydrogen-bond donors (Lipinski definition) is 0. The van der Waals surface area contributed by atoms with Gasteiger partial charge < -0.3 is 4.74 Å². The largest absolute Gasteiger partial charge is 0.462 e. The first-order valence-corrected chi connectivity index (χ1v) is 5.37. The Morgan fingerprint density at radius 3 is 3.00 bits per heavy atom. The average Bonchev–Trinajstić information content (AvgIpc) is 2.89. The second-order valence-corrected chi connectivity index (χ2v) is 3.49. The fraction of sp³-hybridized carbons (Fsp3) is 0.167. The van der Waals surface area contributed by atoms with E-state index >= 15 is 0 Å². The van der Waals surface area contributed by atoms with Crippen molar-refractivity contribution in [2.24, 2.45) is 0 Å². The molecule has 2 heterocycles. The van der Waals surface area contributed by atoms with E-state index in [9.17, 15) is 9.59 Å². The van der Waals surface area contributed by atoms with Crippen LogP contribution in [0.2, 0.25) is 0 Å². The van der Waals surface area contributed by atoms with Gasteiger partial charge >= 0.3 is 5.97 Å². The highest BCUT2D eigenvalue weighted by atomic mass is 16.5. The molecule has 92 valence electrons. The highest BCUT2D eigenvalue weighted by Crippen LogP contribution is 2.09. The van der Waals surface area contributed by atoms with E-state index in [-0.39, 0.29) is 0 Å². The van der Waals surface area contributed by atoms with Crippen LogP contribution in [0.25, 0.3) is 5.69 Å². The minimum Gasteiger partial charge on any atom is -0.462 e. The second-order valence-electron chi connectivity index (χ2n) is 3.49. The van der Waals surface area contributed by atoms with Crippen molar-refractivity contribution >= 4 is 12.3 Å². The molecule has 0 aromatic carbocycles. The zero-order chi connectivity index (χ0) is 13.0. The lowest BCUT2D eigenvalue weighted by molar-refractivity contribution is 0.0526. The van der Waals surface area contributed by atoms with Crippen LogP contribution in [0, 0.1) is 0 Å². The maximum atomic E-state index is 11.5. The number of hydrogen-bond acceptors (Lipinski definition) is 5. The van der Waals surface area contributed by atoms with E-state index in [4.69, 9.17) is 4.74 Å². The molecule has 18 heavy (non-hydrogen) atoms. The molecule has 6 nitrogen and oxygen atoms in total. The minimum atomic E-state index is -0.428. The molecule has 0 spiro atoms. The van der Waals surface area contributed by atoms with Gasteiger partial charge in [0, 0.05) is 18.0 Å². The lowest BCUT2D eigenvalue weighted by Gasteiger charge is -2.00. The fourth-order valence-corrected chi connectivity index (χ4v) is 1.42. The lowest BCUT2D eigenvalue weighted by atomic mass is 10.3. The summed E-state index contributed by atoms with van der Waals surface area (Å²) >= 11 is 0. The monoisotopic (exact) mass is 245 g/mol. The van der Waals surface area contributed by atoms with E-state index in [1.54, 1.807) is 19.2 Å². The van der Waals surface area contributed by atoms with Crippen molar-refractivity contribution in [2.75, 3.05) is 6.61 Å². The summed E-state index contributed by atoms with van der Waals surface area (Å²) in [7, 11) is 0. The molecule has 2 aromatic rings. The van der Waals surface area contributed by atoms with E-state index < -0.39 is 5.97 Å². The normalized spacial score (nSPS) is 10.1. The van der Waals surface area contributed by atoms with Crippen molar-refractivity contribution in [2.45, 2.75) is 6.92 Å². The summed E-state index contributed by atoms with van der Waals surface area (Å²) in [6.45, 7) is 2.05. The van der Waals surface area contributed by atoms with Gasteiger partial charge in [-0.15, -0.1) is 0 Å². The zero-order valence-corrected chi connectivity index (χ0v) is 9.74. The number of aldehydes is 1. The summed E-state index contributed by atoms with van der Waals surface area (Å²) in [5.41, 5.74) is 1.41. The molecular weight excluding hydrogens is 234 g/mol. The van der Waals surface area contributed by atoms with Crippen molar-refractivity contribution in [3.05, 3.63) is 42.0 Å². The van der Waals surface area contributed by atoms with E-state index in [0.29, 0.717) is 29.7 Å². The highest BCUT2D eigenvalue weighted by molar-refractivity contribution is 5.88. The molecule has 0 aliphatic rings. The number of rotatable bonds is 4. The zero-order valence-electron chi connectivity index (χ0n) is 9.74. The Hall–Kier alpha value is -2.50. The summed E-state index contributed by atoms with van der Waals surface area (Å²) < 4.78 is 6.32. The average molecular weight is 245 g/mol. The van der Waals surface area contributed by atoms with Gasteiger partial charge in [-0.05, 0) is 13.0 Å². The van der Waals surface area contributed by atoms with Crippen LogP contribution in [0.1, 0.15) is 27.6 Å². The van der Waals surface area contributed by atoms with Gasteiger partial charge in [0.1, 0.15) is 0 Å². The number of pyridine rings is 1. The Morgan fingerprint density at radius 2 is 2.28 bits per heavy atom. The molecule has 0 saturated heterocycles. The summed E-state index contributed by atoms with van der Waals surface area (Å²) in [5, 5.41) is 4.03. The molecule has 2 rings (SSSR count). The maximum absolute atomic E-state index is 11.5. The number of esters is 1. The SMILES string of the molecule is CCOC(=O)c1cnn(-c2cncc(C=O)c2)c1. The third-order valence-electron chi connectivity index (χ3n) is 2.24. The van der Waals surface area contributed by atoms with Gasteiger partial charge in [0.2, 0.25) is 0 Å². The molecule has 2 aromatic heterocycles. The molecule has 0 fully saturated rings. The summed E-state index contributed by atoms with van der Waals surface area (Å²) in [6.07, 6.45) is 6.64. The van der Waals surface area contributed by atoms with Crippen LogP contribution in [-0.4, -0.2) is 33.6 Å². The van der Waals surface area contributed by atoms with Crippen LogP contribution in [-0.2, 0) is 4.74 Å². The fourth-order valence-electron chi connectivity index (χ4n) is 1.42. The Kier molecular flexibility index (Phi) is 3.47. The predicted octanol–water partition coefficient (Wildman–Crippen LogP) is 1.26. The van der Waals surface area contributed by atoms with Crippen LogP contribution in [0.15, 0.2) is 30.9 Å². The first kappa shape index (κ1) is 12.0. The highest BCUT2D eigenvalue weighted by Gasteiger charge is 2.10. The molecule has 0 radical (unpaired) electrons.